The number of hydrogen-bond donors (Lipinski definition) is 1. The molecule has 23 heavy (non-hydrogen) atoms. The van der Waals surface area contributed by atoms with Crippen molar-refractivity contribution in [2.24, 2.45) is 9.98 Å². The molecule has 0 aliphatic heterocycles. The SMILES string of the molecule is C=CC(=NCNC(C)c1cncc(F)c1)c1sc(C)cc1N=C. The van der Waals surface area contributed by atoms with Crippen molar-refractivity contribution in [3.63, 3.8) is 0 Å². The van der Waals surface area contributed by atoms with Crippen LogP contribution in [0.1, 0.15) is 28.3 Å². The number of halogens is 1. The van der Waals surface area contributed by atoms with Crippen molar-refractivity contribution >= 4 is 29.5 Å². The fraction of sp³-hybridized carbons (Fsp3) is 0.235. The van der Waals surface area contributed by atoms with E-state index in [2.05, 4.69) is 33.6 Å². The van der Waals surface area contributed by atoms with Crippen LogP contribution < -0.4 is 5.32 Å². The molecule has 0 fully saturated rings. The minimum atomic E-state index is -0.345. The van der Waals surface area contributed by atoms with E-state index in [-0.39, 0.29) is 11.9 Å². The Bertz CT molecular complexity index is 736. The number of aryl methyl sites for hydroxylation is 1. The zero-order chi connectivity index (χ0) is 16.8. The van der Waals surface area contributed by atoms with Crippen LogP contribution in [0.15, 0.2) is 47.2 Å². The van der Waals surface area contributed by atoms with Crippen LogP contribution in [0.4, 0.5) is 10.1 Å². The summed E-state index contributed by atoms with van der Waals surface area (Å²) >= 11 is 1.61. The van der Waals surface area contributed by atoms with Crippen molar-refractivity contribution < 1.29 is 4.39 Å². The molecule has 1 unspecified atom stereocenters. The van der Waals surface area contributed by atoms with Gasteiger partial charge in [-0.1, -0.05) is 6.58 Å². The van der Waals surface area contributed by atoms with Gasteiger partial charge in [-0.3, -0.25) is 20.3 Å². The van der Waals surface area contributed by atoms with Gasteiger partial charge in [0.15, 0.2) is 0 Å². The second kappa shape index (κ2) is 7.89. The Morgan fingerprint density at radius 2 is 2.26 bits per heavy atom. The zero-order valence-electron chi connectivity index (χ0n) is 13.2. The molecular weight excluding hydrogens is 311 g/mol. The lowest BCUT2D eigenvalue weighted by Gasteiger charge is -2.12. The summed E-state index contributed by atoms with van der Waals surface area (Å²) in [4.78, 5) is 14.5. The van der Waals surface area contributed by atoms with Crippen LogP contribution in [0.5, 0.6) is 0 Å². The van der Waals surface area contributed by atoms with E-state index < -0.39 is 0 Å². The van der Waals surface area contributed by atoms with Crippen molar-refractivity contribution in [3.05, 3.63) is 58.3 Å². The molecule has 0 aliphatic rings. The highest BCUT2D eigenvalue weighted by molar-refractivity contribution is 7.14. The monoisotopic (exact) mass is 330 g/mol. The molecule has 1 N–H and O–H groups in total. The minimum Gasteiger partial charge on any atom is -0.292 e. The summed E-state index contributed by atoms with van der Waals surface area (Å²) in [5.74, 6) is -0.345. The molecule has 0 bridgehead atoms. The summed E-state index contributed by atoms with van der Waals surface area (Å²) in [6, 6.07) is 3.38. The molecule has 0 saturated heterocycles. The van der Waals surface area contributed by atoms with Crippen LogP contribution in [-0.4, -0.2) is 24.1 Å². The van der Waals surface area contributed by atoms with Gasteiger partial charge in [0.2, 0.25) is 0 Å². The Labute approximate surface area is 139 Å². The van der Waals surface area contributed by atoms with E-state index in [9.17, 15) is 4.39 Å². The van der Waals surface area contributed by atoms with Gasteiger partial charge < -0.3 is 0 Å². The standard InChI is InChI=1S/C17H19FN4S/c1-5-15(17-16(19-4)6-11(2)23-17)22-10-21-12(3)13-7-14(18)9-20-8-13/h5-9,12,21H,1,4,10H2,2-3H3. The number of thiophene rings is 1. The lowest BCUT2D eigenvalue weighted by molar-refractivity contribution is 0.572. The highest BCUT2D eigenvalue weighted by Gasteiger charge is 2.10. The molecule has 1 atom stereocenters. The average Bonchev–Trinajstić information content (AvgIpc) is 2.92. The number of rotatable bonds is 7. The van der Waals surface area contributed by atoms with Gasteiger partial charge in [0.05, 0.1) is 29.1 Å². The van der Waals surface area contributed by atoms with Gasteiger partial charge in [-0.25, -0.2) is 4.39 Å². The predicted molar refractivity (Wildman–Crippen MR) is 95.6 cm³/mol. The van der Waals surface area contributed by atoms with Gasteiger partial charge in [0, 0.05) is 17.1 Å². The number of allylic oxidation sites excluding steroid dienone is 1. The highest BCUT2D eigenvalue weighted by atomic mass is 32.1. The number of aliphatic imine (C=N–C) groups is 2. The van der Waals surface area contributed by atoms with Crippen LogP contribution in [0.3, 0.4) is 0 Å². The third-order valence-electron chi connectivity index (χ3n) is 3.30. The van der Waals surface area contributed by atoms with E-state index >= 15 is 0 Å². The van der Waals surface area contributed by atoms with Crippen molar-refractivity contribution in [3.8, 4) is 0 Å². The molecule has 0 spiro atoms. The van der Waals surface area contributed by atoms with Crippen LogP contribution >= 0.6 is 11.3 Å². The first kappa shape index (κ1) is 17.2. The van der Waals surface area contributed by atoms with Crippen LogP contribution in [0.2, 0.25) is 0 Å². The summed E-state index contributed by atoms with van der Waals surface area (Å²) in [5.41, 5.74) is 2.36. The minimum absolute atomic E-state index is 0.0601. The van der Waals surface area contributed by atoms with E-state index in [0.29, 0.717) is 6.67 Å². The van der Waals surface area contributed by atoms with Gasteiger partial charge in [0.25, 0.3) is 0 Å². The van der Waals surface area contributed by atoms with Crippen molar-refractivity contribution in [1.82, 2.24) is 10.3 Å². The normalized spacial score (nSPS) is 12.9. The van der Waals surface area contributed by atoms with Gasteiger partial charge in [0.1, 0.15) is 5.82 Å². The molecule has 0 radical (unpaired) electrons. The van der Waals surface area contributed by atoms with Gasteiger partial charge in [-0.15, -0.1) is 11.3 Å². The Morgan fingerprint density at radius 1 is 1.48 bits per heavy atom. The third kappa shape index (κ3) is 4.40. The molecule has 0 amide bonds. The molecule has 4 nitrogen and oxygen atoms in total. The van der Waals surface area contributed by atoms with Gasteiger partial charge in [-0.05, 0) is 44.3 Å². The lowest BCUT2D eigenvalue weighted by Crippen LogP contribution is -2.19. The lowest BCUT2D eigenvalue weighted by atomic mass is 10.1. The zero-order valence-corrected chi connectivity index (χ0v) is 14.0. The molecule has 2 rings (SSSR count). The molecule has 0 saturated carbocycles. The predicted octanol–water partition coefficient (Wildman–Crippen LogP) is 4.21. The van der Waals surface area contributed by atoms with E-state index in [1.54, 1.807) is 23.6 Å². The summed E-state index contributed by atoms with van der Waals surface area (Å²) in [6.45, 7) is 11.7. The quantitative estimate of drug-likeness (QED) is 0.773. The van der Waals surface area contributed by atoms with Crippen LogP contribution in [0.25, 0.3) is 0 Å². The molecule has 2 aromatic rings. The van der Waals surface area contributed by atoms with Gasteiger partial charge in [-0.2, -0.15) is 0 Å². The molecule has 0 aliphatic carbocycles. The molecule has 2 aromatic heterocycles. The number of nitrogens with zero attached hydrogens (tertiary/aromatic N) is 3. The summed E-state index contributed by atoms with van der Waals surface area (Å²) in [7, 11) is 0. The fourth-order valence-electron chi connectivity index (χ4n) is 2.08. The first-order chi connectivity index (χ1) is 11.0. The Morgan fingerprint density at radius 3 is 2.91 bits per heavy atom. The summed E-state index contributed by atoms with van der Waals surface area (Å²) < 4.78 is 13.2. The fourth-order valence-corrected chi connectivity index (χ4v) is 3.05. The molecule has 6 heteroatoms. The second-order valence-corrected chi connectivity index (χ2v) is 6.25. The van der Waals surface area contributed by atoms with Crippen molar-refractivity contribution in [1.29, 1.82) is 0 Å². The smallest absolute Gasteiger partial charge is 0.141 e. The van der Waals surface area contributed by atoms with E-state index in [1.807, 2.05) is 19.9 Å². The number of nitrogens with one attached hydrogen (secondary N) is 1. The van der Waals surface area contributed by atoms with E-state index in [1.165, 1.54) is 12.3 Å². The maximum absolute atomic E-state index is 13.2. The maximum Gasteiger partial charge on any atom is 0.141 e. The molecular formula is C17H19FN4S. The average molecular weight is 330 g/mol. The summed E-state index contributed by atoms with van der Waals surface area (Å²) in [6.07, 6.45) is 4.53. The Kier molecular flexibility index (Phi) is 5.90. The first-order valence-corrected chi connectivity index (χ1v) is 7.95. The first-order valence-electron chi connectivity index (χ1n) is 7.13. The topological polar surface area (TPSA) is 49.6 Å². The van der Waals surface area contributed by atoms with Crippen LogP contribution in [0, 0.1) is 12.7 Å². The summed E-state index contributed by atoms with van der Waals surface area (Å²) in [5, 5.41) is 3.22. The van der Waals surface area contributed by atoms with Crippen LogP contribution in [-0.2, 0) is 0 Å². The van der Waals surface area contributed by atoms with Crippen molar-refractivity contribution in [2.75, 3.05) is 6.67 Å². The second-order valence-electron chi connectivity index (χ2n) is 5.00. The van der Waals surface area contributed by atoms with Crippen molar-refractivity contribution in [2.45, 2.75) is 19.9 Å². The van der Waals surface area contributed by atoms with Gasteiger partial charge >= 0.3 is 0 Å². The van der Waals surface area contributed by atoms with E-state index in [0.717, 1.165) is 26.7 Å². The number of hydrogen-bond acceptors (Lipinski definition) is 5. The molecule has 120 valence electrons. The molecule has 0 aromatic carbocycles. The van der Waals surface area contributed by atoms with E-state index in [4.69, 9.17) is 0 Å². The number of pyridine rings is 1. The largest absolute Gasteiger partial charge is 0.292 e. The Balaban J connectivity index is 2.08. The highest BCUT2D eigenvalue weighted by Crippen LogP contribution is 2.29. The Hall–Kier alpha value is -2.18. The number of aromatic nitrogens is 1. The molecule has 2 heterocycles. The maximum atomic E-state index is 13.2. The third-order valence-corrected chi connectivity index (χ3v) is 4.37.